The molecule has 1 aliphatic heterocycles. The van der Waals surface area contributed by atoms with Crippen molar-refractivity contribution in [2.75, 3.05) is 13.1 Å². The molecule has 0 saturated carbocycles. The van der Waals surface area contributed by atoms with Gasteiger partial charge in [0.05, 0.1) is 17.6 Å². The number of alkyl halides is 2. The molecule has 0 aliphatic carbocycles. The molecule has 33 heavy (non-hydrogen) atoms. The maximum Gasteiger partial charge on any atom is 0.287 e. The van der Waals surface area contributed by atoms with Gasteiger partial charge in [0.1, 0.15) is 0 Å². The molecule has 5 rings (SSSR count). The van der Waals surface area contributed by atoms with Crippen LogP contribution in [0.1, 0.15) is 16.8 Å². The SMILES string of the molecule is O=C(c1cnccc1-c1ccccc1)N1CCC(F)(F)C(Oc2ccc3ccccc3n2)C1. The van der Waals surface area contributed by atoms with Gasteiger partial charge in [-0.05, 0) is 29.3 Å². The molecule has 0 spiro atoms. The Balaban J connectivity index is 1.40. The van der Waals surface area contributed by atoms with Crippen LogP contribution in [0.3, 0.4) is 0 Å². The van der Waals surface area contributed by atoms with Gasteiger partial charge in [-0.15, -0.1) is 0 Å². The van der Waals surface area contributed by atoms with Gasteiger partial charge in [0, 0.05) is 36.8 Å². The fourth-order valence-corrected chi connectivity index (χ4v) is 4.04. The fourth-order valence-electron chi connectivity index (χ4n) is 4.04. The van der Waals surface area contributed by atoms with E-state index >= 15 is 0 Å². The van der Waals surface area contributed by atoms with Crippen LogP contribution in [0.25, 0.3) is 22.0 Å². The average molecular weight is 445 g/mol. The third-order valence-corrected chi connectivity index (χ3v) is 5.83. The highest BCUT2D eigenvalue weighted by Gasteiger charge is 2.47. The van der Waals surface area contributed by atoms with Crippen molar-refractivity contribution in [2.24, 2.45) is 0 Å². The summed E-state index contributed by atoms with van der Waals surface area (Å²) in [5.41, 5.74) is 2.60. The number of hydrogen-bond acceptors (Lipinski definition) is 4. The minimum Gasteiger partial charge on any atom is -0.466 e. The van der Waals surface area contributed by atoms with E-state index in [2.05, 4.69) is 9.97 Å². The summed E-state index contributed by atoms with van der Waals surface area (Å²) in [6, 6.07) is 22.0. The van der Waals surface area contributed by atoms with Gasteiger partial charge in [-0.2, -0.15) is 0 Å². The van der Waals surface area contributed by atoms with E-state index in [4.69, 9.17) is 4.74 Å². The molecule has 1 atom stereocenters. The van der Waals surface area contributed by atoms with Crippen molar-refractivity contribution in [3.05, 3.63) is 90.8 Å². The van der Waals surface area contributed by atoms with Crippen LogP contribution in [0.4, 0.5) is 8.78 Å². The van der Waals surface area contributed by atoms with E-state index in [0.717, 1.165) is 10.9 Å². The van der Waals surface area contributed by atoms with Crippen LogP contribution in [0.2, 0.25) is 0 Å². The number of halogens is 2. The Morgan fingerprint density at radius 3 is 2.64 bits per heavy atom. The first-order chi connectivity index (χ1) is 16.0. The molecule has 1 saturated heterocycles. The summed E-state index contributed by atoms with van der Waals surface area (Å²) in [5.74, 6) is -3.32. The zero-order valence-corrected chi connectivity index (χ0v) is 17.7. The van der Waals surface area contributed by atoms with Gasteiger partial charge >= 0.3 is 0 Å². The Hall–Kier alpha value is -3.87. The Kier molecular flexibility index (Phi) is 5.46. The van der Waals surface area contributed by atoms with Crippen LogP contribution >= 0.6 is 0 Å². The maximum atomic E-state index is 14.7. The summed E-state index contributed by atoms with van der Waals surface area (Å²) in [5, 5.41) is 0.891. The Bertz CT molecular complexity index is 1300. The summed E-state index contributed by atoms with van der Waals surface area (Å²) in [4.78, 5) is 23.2. The number of aromatic nitrogens is 2. The van der Waals surface area contributed by atoms with Crippen LogP contribution in [-0.4, -0.2) is 45.9 Å². The van der Waals surface area contributed by atoms with E-state index < -0.39 is 18.4 Å². The number of fused-ring (bicyclic) bond motifs is 1. The first kappa shape index (κ1) is 21.0. The topological polar surface area (TPSA) is 55.3 Å². The zero-order chi connectivity index (χ0) is 22.8. The number of amides is 1. The highest BCUT2D eigenvalue weighted by atomic mass is 19.3. The largest absolute Gasteiger partial charge is 0.466 e. The number of hydrogen-bond donors (Lipinski definition) is 0. The lowest BCUT2D eigenvalue weighted by Gasteiger charge is -2.38. The molecule has 1 aliphatic rings. The van der Waals surface area contributed by atoms with Gasteiger partial charge in [0.2, 0.25) is 5.88 Å². The first-order valence-electron chi connectivity index (χ1n) is 10.7. The number of nitrogens with zero attached hydrogens (tertiary/aromatic N) is 3. The van der Waals surface area contributed by atoms with Crippen molar-refractivity contribution in [1.29, 1.82) is 0 Å². The lowest BCUT2D eigenvalue weighted by Crippen LogP contribution is -2.55. The van der Waals surface area contributed by atoms with Crippen LogP contribution < -0.4 is 4.74 Å². The Morgan fingerprint density at radius 2 is 1.79 bits per heavy atom. The van der Waals surface area contributed by atoms with Gasteiger partial charge in [0.15, 0.2) is 6.10 Å². The zero-order valence-electron chi connectivity index (χ0n) is 17.7. The Labute approximate surface area is 189 Å². The van der Waals surface area contributed by atoms with Crippen LogP contribution in [0, 0.1) is 0 Å². The van der Waals surface area contributed by atoms with E-state index in [0.29, 0.717) is 16.6 Å². The van der Waals surface area contributed by atoms with Crippen LogP contribution in [-0.2, 0) is 0 Å². The molecule has 1 amide bonds. The third-order valence-electron chi connectivity index (χ3n) is 5.83. The van der Waals surface area contributed by atoms with Crippen molar-refractivity contribution < 1.29 is 18.3 Å². The number of pyridine rings is 2. The van der Waals surface area contributed by atoms with Crippen molar-refractivity contribution in [2.45, 2.75) is 18.4 Å². The molecule has 7 heteroatoms. The number of para-hydroxylation sites is 1. The fraction of sp³-hybridized carbons (Fsp3) is 0.192. The Morgan fingerprint density at radius 1 is 1.00 bits per heavy atom. The number of likely N-dealkylation sites (tertiary alicyclic amines) is 1. The smallest absolute Gasteiger partial charge is 0.287 e. The monoisotopic (exact) mass is 445 g/mol. The standard InChI is InChI=1S/C26H21F2N3O2/c27-26(28)13-15-31(17-23(26)33-24-11-10-19-8-4-5-9-22(19)30-24)25(32)21-16-29-14-12-20(21)18-6-2-1-3-7-18/h1-12,14,16,23H,13,15,17H2. The summed E-state index contributed by atoms with van der Waals surface area (Å²) in [6.07, 6.45) is 1.11. The molecular weight excluding hydrogens is 424 g/mol. The molecule has 5 nitrogen and oxygen atoms in total. The van der Waals surface area contributed by atoms with Gasteiger partial charge < -0.3 is 9.64 Å². The molecule has 4 aromatic rings. The summed E-state index contributed by atoms with van der Waals surface area (Å²) in [6.45, 7) is -0.316. The minimum atomic E-state index is -3.08. The minimum absolute atomic E-state index is 0.0695. The van der Waals surface area contributed by atoms with Crippen molar-refractivity contribution in [1.82, 2.24) is 14.9 Å². The van der Waals surface area contributed by atoms with E-state index in [1.807, 2.05) is 48.5 Å². The normalized spacial score (nSPS) is 17.6. The van der Waals surface area contributed by atoms with E-state index in [-0.39, 0.29) is 24.9 Å². The predicted molar refractivity (Wildman–Crippen MR) is 121 cm³/mol. The van der Waals surface area contributed by atoms with Gasteiger partial charge in [-0.25, -0.2) is 13.8 Å². The van der Waals surface area contributed by atoms with Crippen molar-refractivity contribution in [3.63, 3.8) is 0 Å². The summed E-state index contributed by atoms with van der Waals surface area (Å²) >= 11 is 0. The third kappa shape index (κ3) is 4.26. The van der Waals surface area contributed by atoms with E-state index in [1.54, 1.807) is 30.5 Å². The lowest BCUT2D eigenvalue weighted by atomic mass is 9.98. The predicted octanol–water partition coefficient (Wildman–Crippen LogP) is 5.23. The number of ether oxygens (including phenoxy) is 1. The van der Waals surface area contributed by atoms with Crippen molar-refractivity contribution >= 4 is 16.8 Å². The number of piperidine rings is 1. The number of carbonyl (C=O) groups excluding carboxylic acids is 1. The second-order valence-electron chi connectivity index (χ2n) is 8.00. The molecule has 1 unspecified atom stereocenters. The highest BCUT2D eigenvalue weighted by molar-refractivity contribution is 6.00. The second-order valence-corrected chi connectivity index (χ2v) is 8.00. The van der Waals surface area contributed by atoms with Crippen LogP contribution in [0.15, 0.2) is 85.2 Å². The van der Waals surface area contributed by atoms with Crippen molar-refractivity contribution in [3.8, 4) is 17.0 Å². The van der Waals surface area contributed by atoms with E-state index in [9.17, 15) is 13.6 Å². The first-order valence-corrected chi connectivity index (χ1v) is 10.7. The van der Waals surface area contributed by atoms with Gasteiger partial charge in [-0.1, -0.05) is 48.5 Å². The number of carbonyl (C=O) groups is 1. The average Bonchev–Trinajstić information content (AvgIpc) is 2.85. The number of rotatable bonds is 4. The molecule has 0 radical (unpaired) electrons. The second kappa shape index (κ2) is 8.58. The van der Waals surface area contributed by atoms with Gasteiger partial charge in [0.25, 0.3) is 11.8 Å². The van der Waals surface area contributed by atoms with E-state index in [1.165, 1.54) is 11.1 Å². The molecule has 0 N–H and O–H groups in total. The molecule has 2 aromatic heterocycles. The van der Waals surface area contributed by atoms with Gasteiger partial charge in [-0.3, -0.25) is 9.78 Å². The quantitative estimate of drug-likeness (QED) is 0.432. The highest BCUT2D eigenvalue weighted by Crippen LogP contribution is 2.33. The maximum absolute atomic E-state index is 14.7. The summed E-state index contributed by atoms with van der Waals surface area (Å²) in [7, 11) is 0. The molecule has 166 valence electrons. The molecule has 2 aromatic carbocycles. The molecule has 3 heterocycles. The number of benzene rings is 2. The molecular formula is C26H21F2N3O2. The molecule has 0 bridgehead atoms. The molecule has 1 fully saturated rings. The van der Waals surface area contributed by atoms with Crippen LogP contribution in [0.5, 0.6) is 5.88 Å². The summed E-state index contributed by atoms with van der Waals surface area (Å²) < 4.78 is 35.1. The lowest BCUT2D eigenvalue weighted by molar-refractivity contribution is -0.131.